The average Bonchev–Trinajstić information content (AvgIpc) is 1.80. The molecular formula is C7H13ClO. The third-order valence-electron chi connectivity index (χ3n) is 2.09. The third-order valence-corrected chi connectivity index (χ3v) is 2.49. The normalized spacial score (nSPS) is 45.0. The van der Waals surface area contributed by atoms with Gasteiger partial charge < -0.3 is 5.11 Å². The third kappa shape index (κ3) is 1.84. The lowest BCUT2D eigenvalue weighted by atomic mass is 9.88. The lowest BCUT2D eigenvalue weighted by Crippen LogP contribution is -2.27. The van der Waals surface area contributed by atoms with Crippen molar-refractivity contribution in [1.29, 1.82) is 0 Å². The molecule has 0 saturated heterocycles. The summed E-state index contributed by atoms with van der Waals surface area (Å²) in [5.41, 5.74) is 0. The van der Waals surface area contributed by atoms with Gasteiger partial charge in [0.05, 0.1) is 6.10 Å². The van der Waals surface area contributed by atoms with Gasteiger partial charge in [-0.3, -0.25) is 0 Å². The Kier molecular flexibility index (Phi) is 2.36. The first-order valence-corrected chi connectivity index (χ1v) is 3.96. The molecule has 3 unspecified atom stereocenters. The fraction of sp³-hybridized carbons (Fsp3) is 1.00. The fourth-order valence-corrected chi connectivity index (χ4v) is 1.56. The van der Waals surface area contributed by atoms with E-state index in [1.165, 1.54) is 0 Å². The van der Waals surface area contributed by atoms with Crippen LogP contribution in [0.3, 0.4) is 0 Å². The first kappa shape index (κ1) is 7.36. The summed E-state index contributed by atoms with van der Waals surface area (Å²) in [6.45, 7) is 2.08. The number of aliphatic hydroxyl groups is 1. The van der Waals surface area contributed by atoms with E-state index in [-0.39, 0.29) is 11.5 Å². The van der Waals surface area contributed by atoms with Crippen molar-refractivity contribution in [2.24, 2.45) is 5.92 Å². The second-order valence-corrected chi connectivity index (χ2v) is 3.57. The summed E-state index contributed by atoms with van der Waals surface area (Å²) >= 11 is 5.82. The number of hydrogen-bond donors (Lipinski definition) is 1. The zero-order chi connectivity index (χ0) is 6.85. The highest BCUT2D eigenvalue weighted by atomic mass is 35.5. The average molecular weight is 149 g/mol. The number of halogens is 1. The number of alkyl halides is 1. The van der Waals surface area contributed by atoms with Gasteiger partial charge in [0, 0.05) is 5.38 Å². The van der Waals surface area contributed by atoms with Crippen molar-refractivity contribution in [1.82, 2.24) is 0 Å². The molecule has 2 heteroatoms. The van der Waals surface area contributed by atoms with Gasteiger partial charge in [-0.2, -0.15) is 0 Å². The molecule has 1 fully saturated rings. The maximum Gasteiger partial charge on any atom is 0.0579 e. The Morgan fingerprint density at radius 1 is 1.44 bits per heavy atom. The zero-order valence-corrected chi connectivity index (χ0v) is 6.43. The fourth-order valence-electron chi connectivity index (χ4n) is 1.25. The molecule has 1 N–H and O–H groups in total. The Morgan fingerprint density at radius 2 is 2.11 bits per heavy atom. The van der Waals surface area contributed by atoms with E-state index in [2.05, 4.69) is 6.92 Å². The quantitative estimate of drug-likeness (QED) is 0.520. The Hall–Kier alpha value is 0.250. The molecule has 0 aromatic rings. The molecule has 1 aliphatic rings. The summed E-state index contributed by atoms with van der Waals surface area (Å²) < 4.78 is 0. The van der Waals surface area contributed by atoms with Gasteiger partial charge in [-0.1, -0.05) is 6.92 Å². The molecule has 1 rings (SSSR count). The molecule has 0 aliphatic heterocycles. The summed E-state index contributed by atoms with van der Waals surface area (Å²) in [4.78, 5) is 0. The summed E-state index contributed by atoms with van der Waals surface area (Å²) in [5, 5.41) is 9.48. The van der Waals surface area contributed by atoms with Crippen LogP contribution >= 0.6 is 11.6 Å². The maximum atomic E-state index is 9.26. The molecule has 54 valence electrons. The topological polar surface area (TPSA) is 20.2 Å². The minimum atomic E-state index is -0.152. The first-order valence-electron chi connectivity index (χ1n) is 3.52. The molecular weight excluding hydrogens is 136 g/mol. The maximum absolute atomic E-state index is 9.26. The van der Waals surface area contributed by atoms with Gasteiger partial charge in [0.2, 0.25) is 0 Å². The van der Waals surface area contributed by atoms with Crippen molar-refractivity contribution in [3.63, 3.8) is 0 Å². The molecule has 1 aliphatic carbocycles. The van der Waals surface area contributed by atoms with Gasteiger partial charge in [0.1, 0.15) is 0 Å². The van der Waals surface area contributed by atoms with Crippen molar-refractivity contribution in [3.8, 4) is 0 Å². The van der Waals surface area contributed by atoms with Gasteiger partial charge in [0.25, 0.3) is 0 Å². The molecule has 0 bridgehead atoms. The molecule has 1 saturated carbocycles. The number of aliphatic hydroxyl groups excluding tert-OH is 1. The summed E-state index contributed by atoms with van der Waals surface area (Å²) in [7, 11) is 0. The highest BCUT2D eigenvalue weighted by Gasteiger charge is 2.23. The lowest BCUT2D eigenvalue weighted by Gasteiger charge is -2.27. The Balaban J connectivity index is 2.35. The van der Waals surface area contributed by atoms with E-state index in [1.54, 1.807) is 0 Å². The van der Waals surface area contributed by atoms with Gasteiger partial charge >= 0.3 is 0 Å². The molecule has 0 heterocycles. The van der Waals surface area contributed by atoms with Crippen molar-refractivity contribution >= 4 is 11.6 Å². The summed E-state index contributed by atoms with van der Waals surface area (Å²) in [6.07, 6.45) is 2.78. The highest BCUT2D eigenvalue weighted by molar-refractivity contribution is 6.20. The number of rotatable bonds is 0. The van der Waals surface area contributed by atoms with Crippen molar-refractivity contribution in [2.75, 3.05) is 0 Å². The van der Waals surface area contributed by atoms with Crippen LogP contribution in [-0.4, -0.2) is 16.6 Å². The van der Waals surface area contributed by atoms with E-state index >= 15 is 0 Å². The van der Waals surface area contributed by atoms with Crippen molar-refractivity contribution < 1.29 is 5.11 Å². The molecule has 0 aromatic heterocycles. The van der Waals surface area contributed by atoms with Crippen LogP contribution in [0.4, 0.5) is 0 Å². The monoisotopic (exact) mass is 148 g/mol. The predicted molar refractivity (Wildman–Crippen MR) is 38.7 cm³/mol. The van der Waals surface area contributed by atoms with E-state index in [0.717, 1.165) is 19.3 Å². The van der Waals surface area contributed by atoms with E-state index in [1.807, 2.05) is 0 Å². The Morgan fingerprint density at radius 3 is 2.56 bits per heavy atom. The number of hydrogen-bond acceptors (Lipinski definition) is 1. The molecule has 9 heavy (non-hydrogen) atoms. The zero-order valence-electron chi connectivity index (χ0n) is 5.68. The second-order valence-electron chi connectivity index (χ2n) is 2.95. The minimum Gasteiger partial charge on any atom is -0.393 e. The standard InChI is InChI=1S/C7H13ClO/c1-5-2-3-6(8)4-7(5)9/h5-7,9H,2-4H2,1H3. The van der Waals surface area contributed by atoms with Crippen molar-refractivity contribution in [3.05, 3.63) is 0 Å². The smallest absolute Gasteiger partial charge is 0.0579 e. The van der Waals surface area contributed by atoms with E-state index in [0.29, 0.717) is 5.92 Å². The van der Waals surface area contributed by atoms with E-state index in [4.69, 9.17) is 11.6 Å². The van der Waals surface area contributed by atoms with Gasteiger partial charge in [-0.15, -0.1) is 11.6 Å². The largest absolute Gasteiger partial charge is 0.393 e. The van der Waals surface area contributed by atoms with Gasteiger partial charge in [-0.05, 0) is 25.2 Å². The minimum absolute atomic E-state index is 0.152. The SMILES string of the molecule is CC1CCC(Cl)CC1O. The van der Waals surface area contributed by atoms with Crippen LogP contribution in [0.5, 0.6) is 0 Å². The highest BCUT2D eigenvalue weighted by Crippen LogP contribution is 2.27. The molecule has 0 spiro atoms. The molecule has 3 atom stereocenters. The molecule has 0 amide bonds. The van der Waals surface area contributed by atoms with Crippen LogP contribution in [0.2, 0.25) is 0 Å². The van der Waals surface area contributed by atoms with Crippen LogP contribution in [0.25, 0.3) is 0 Å². The lowest BCUT2D eigenvalue weighted by molar-refractivity contribution is 0.0811. The van der Waals surface area contributed by atoms with Gasteiger partial charge in [0.15, 0.2) is 0 Å². The van der Waals surface area contributed by atoms with Crippen molar-refractivity contribution in [2.45, 2.75) is 37.7 Å². The van der Waals surface area contributed by atoms with E-state index < -0.39 is 0 Å². The molecule has 0 radical (unpaired) electrons. The van der Waals surface area contributed by atoms with Crippen LogP contribution in [-0.2, 0) is 0 Å². The van der Waals surface area contributed by atoms with Crippen LogP contribution in [0.1, 0.15) is 26.2 Å². The van der Waals surface area contributed by atoms with Crippen LogP contribution < -0.4 is 0 Å². The van der Waals surface area contributed by atoms with Crippen LogP contribution in [0.15, 0.2) is 0 Å². The molecule has 0 aromatic carbocycles. The van der Waals surface area contributed by atoms with E-state index in [9.17, 15) is 5.11 Å². The predicted octanol–water partition coefficient (Wildman–Crippen LogP) is 1.77. The summed E-state index contributed by atoms with van der Waals surface area (Å²) in [6, 6.07) is 0. The van der Waals surface area contributed by atoms with Crippen LogP contribution in [0, 0.1) is 5.92 Å². The summed E-state index contributed by atoms with van der Waals surface area (Å²) in [5.74, 6) is 0.458. The molecule has 1 nitrogen and oxygen atoms in total. The second kappa shape index (κ2) is 2.89. The first-order chi connectivity index (χ1) is 4.20. The van der Waals surface area contributed by atoms with Gasteiger partial charge in [-0.25, -0.2) is 0 Å². The Labute approximate surface area is 61.0 Å². The Bertz CT molecular complexity index is 94.9.